The van der Waals surface area contributed by atoms with E-state index >= 15 is 0 Å². The average molecular weight is 266 g/mol. The highest BCUT2D eigenvalue weighted by molar-refractivity contribution is 6.02. The maximum absolute atomic E-state index is 11.4. The van der Waals surface area contributed by atoms with Gasteiger partial charge in [-0.3, -0.25) is 4.79 Å². The molecule has 0 fully saturated rings. The highest BCUT2D eigenvalue weighted by atomic mass is 16.5. The molecule has 0 spiro atoms. The molecular formula is C13H18N2O4. The standard InChI is InChI=1S/C13H18N2O4/c1-17-4-5-18-6-7-19-9-2-3-10-11(8-9)15-13(16)12(10)14/h2-3,8,12H,4-7,14H2,1H3,(H,15,16). The van der Waals surface area contributed by atoms with Crippen LogP contribution < -0.4 is 15.8 Å². The second-order valence-corrected chi connectivity index (χ2v) is 4.17. The molecule has 19 heavy (non-hydrogen) atoms. The van der Waals surface area contributed by atoms with Crippen LogP contribution in [-0.2, 0) is 14.3 Å². The van der Waals surface area contributed by atoms with Gasteiger partial charge in [0, 0.05) is 24.4 Å². The number of fused-ring (bicyclic) bond motifs is 1. The number of benzene rings is 1. The number of ether oxygens (including phenoxy) is 3. The van der Waals surface area contributed by atoms with Gasteiger partial charge in [-0.2, -0.15) is 0 Å². The monoisotopic (exact) mass is 266 g/mol. The lowest BCUT2D eigenvalue weighted by Crippen LogP contribution is -2.19. The van der Waals surface area contributed by atoms with Crippen LogP contribution in [0.3, 0.4) is 0 Å². The lowest BCUT2D eigenvalue weighted by molar-refractivity contribution is -0.116. The quantitative estimate of drug-likeness (QED) is 0.709. The van der Waals surface area contributed by atoms with Gasteiger partial charge in [-0.1, -0.05) is 6.07 Å². The Kier molecular flexibility index (Phi) is 4.73. The predicted molar refractivity (Wildman–Crippen MR) is 70.2 cm³/mol. The lowest BCUT2D eigenvalue weighted by Gasteiger charge is -2.08. The molecule has 6 nitrogen and oxygen atoms in total. The molecule has 1 aromatic rings. The Morgan fingerprint density at radius 3 is 2.84 bits per heavy atom. The van der Waals surface area contributed by atoms with Crippen molar-refractivity contribution in [2.75, 3.05) is 38.9 Å². The van der Waals surface area contributed by atoms with Crippen LogP contribution >= 0.6 is 0 Å². The third kappa shape index (κ3) is 3.44. The molecule has 1 atom stereocenters. The van der Waals surface area contributed by atoms with Crippen molar-refractivity contribution in [3.8, 4) is 5.75 Å². The molecule has 1 aliphatic heterocycles. The van der Waals surface area contributed by atoms with Crippen molar-refractivity contribution in [3.05, 3.63) is 23.8 Å². The van der Waals surface area contributed by atoms with Gasteiger partial charge in [0.15, 0.2) is 0 Å². The summed E-state index contributed by atoms with van der Waals surface area (Å²) in [6.45, 7) is 2.06. The third-order valence-corrected chi connectivity index (χ3v) is 2.83. The Morgan fingerprint density at radius 2 is 2.05 bits per heavy atom. The molecule has 3 N–H and O–H groups in total. The van der Waals surface area contributed by atoms with E-state index in [4.69, 9.17) is 19.9 Å². The van der Waals surface area contributed by atoms with Crippen LogP contribution in [0.2, 0.25) is 0 Å². The Morgan fingerprint density at radius 1 is 1.26 bits per heavy atom. The van der Waals surface area contributed by atoms with Crippen LogP contribution in [0.15, 0.2) is 18.2 Å². The molecule has 0 aliphatic carbocycles. The van der Waals surface area contributed by atoms with Crippen LogP contribution in [0.5, 0.6) is 5.75 Å². The summed E-state index contributed by atoms with van der Waals surface area (Å²) >= 11 is 0. The van der Waals surface area contributed by atoms with Gasteiger partial charge in [-0.05, 0) is 6.07 Å². The minimum absolute atomic E-state index is 0.185. The molecule has 0 radical (unpaired) electrons. The summed E-state index contributed by atoms with van der Waals surface area (Å²) in [5.74, 6) is 0.499. The van der Waals surface area contributed by atoms with Crippen LogP contribution in [0, 0.1) is 0 Å². The smallest absolute Gasteiger partial charge is 0.245 e. The fourth-order valence-corrected chi connectivity index (χ4v) is 1.82. The Balaban J connectivity index is 1.80. The number of anilines is 1. The second kappa shape index (κ2) is 6.51. The molecule has 0 aromatic heterocycles. The van der Waals surface area contributed by atoms with E-state index in [1.54, 1.807) is 25.3 Å². The predicted octanol–water partition coefficient (Wildman–Crippen LogP) is 0.680. The number of methoxy groups -OCH3 is 1. The second-order valence-electron chi connectivity index (χ2n) is 4.17. The van der Waals surface area contributed by atoms with Gasteiger partial charge in [0.1, 0.15) is 18.4 Å². The summed E-state index contributed by atoms with van der Waals surface area (Å²) < 4.78 is 15.7. The Labute approximate surface area is 111 Å². The molecule has 1 aromatic carbocycles. The largest absolute Gasteiger partial charge is 0.491 e. The minimum Gasteiger partial charge on any atom is -0.491 e. The zero-order chi connectivity index (χ0) is 13.7. The normalized spacial score (nSPS) is 17.2. The molecule has 0 saturated heterocycles. The van der Waals surface area contributed by atoms with E-state index < -0.39 is 6.04 Å². The van der Waals surface area contributed by atoms with Crippen molar-refractivity contribution in [3.63, 3.8) is 0 Å². The number of nitrogens with two attached hydrogens (primary N) is 1. The van der Waals surface area contributed by atoms with Crippen LogP contribution in [0.1, 0.15) is 11.6 Å². The van der Waals surface area contributed by atoms with Crippen LogP contribution in [0.25, 0.3) is 0 Å². The lowest BCUT2D eigenvalue weighted by atomic mass is 10.1. The first-order valence-electron chi connectivity index (χ1n) is 6.12. The highest BCUT2D eigenvalue weighted by Gasteiger charge is 2.27. The van der Waals surface area contributed by atoms with Crippen LogP contribution in [-0.4, -0.2) is 39.4 Å². The van der Waals surface area contributed by atoms with E-state index in [0.29, 0.717) is 32.2 Å². The molecule has 2 rings (SSSR count). The molecule has 1 heterocycles. The Bertz CT molecular complexity index is 450. The Hall–Kier alpha value is -1.63. The number of nitrogens with one attached hydrogen (secondary N) is 1. The topological polar surface area (TPSA) is 82.8 Å². The van der Waals surface area contributed by atoms with E-state index in [-0.39, 0.29) is 5.91 Å². The molecule has 1 amide bonds. The average Bonchev–Trinajstić information content (AvgIpc) is 2.69. The van der Waals surface area contributed by atoms with Gasteiger partial charge in [-0.25, -0.2) is 0 Å². The third-order valence-electron chi connectivity index (χ3n) is 2.83. The van der Waals surface area contributed by atoms with Crippen molar-refractivity contribution in [1.82, 2.24) is 0 Å². The van der Waals surface area contributed by atoms with Gasteiger partial charge >= 0.3 is 0 Å². The van der Waals surface area contributed by atoms with Gasteiger partial charge in [0.25, 0.3) is 0 Å². The van der Waals surface area contributed by atoms with Crippen LogP contribution in [0.4, 0.5) is 5.69 Å². The summed E-state index contributed by atoms with van der Waals surface area (Å²) in [6.07, 6.45) is 0. The van der Waals surface area contributed by atoms with Crippen molar-refractivity contribution >= 4 is 11.6 Å². The number of hydrogen-bond acceptors (Lipinski definition) is 5. The number of carbonyl (C=O) groups excluding carboxylic acids is 1. The maximum atomic E-state index is 11.4. The molecule has 0 saturated carbocycles. The molecule has 104 valence electrons. The van der Waals surface area contributed by atoms with Gasteiger partial charge in [0.05, 0.1) is 19.8 Å². The van der Waals surface area contributed by atoms with E-state index in [1.165, 1.54) is 0 Å². The van der Waals surface area contributed by atoms with Crippen molar-refractivity contribution < 1.29 is 19.0 Å². The van der Waals surface area contributed by atoms with E-state index in [9.17, 15) is 4.79 Å². The molecule has 1 unspecified atom stereocenters. The number of rotatable bonds is 7. The van der Waals surface area contributed by atoms with Crippen molar-refractivity contribution in [1.29, 1.82) is 0 Å². The summed E-state index contributed by atoms with van der Waals surface area (Å²) in [5, 5.41) is 2.71. The first kappa shape index (κ1) is 13.8. The summed E-state index contributed by atoms with van der Waals surface area (Å²) in [4.78, 5) is 11.4. The first-order valence-corrected chi connectivity index (χ1v) is 6.12. The SMILES string of the molecule is COCCOCCOc1ccc2c(c1)NC(=O)C2N. The number of carbonyl (C=O) groups is 1. The van der Waals surface area contributed by atoms with Gasteiger partial charge in [0.2, 0.25) is 5.91 Å². The minimum atomic E-state index is -0.582. The fraction of sp³-hybridized carbons (Fsp3) is 0.462. The highest BCUT2D eigenvalue weighted by Crippen LogP contribution is 2.32. The van der Waals surface area contributed by atoms with Gasteiger partial charge < -0.3 is 25.3 Å². The number of hydrogen-bond donors (Lipinski definition) is 2. The van der Waals surface area contributed by atoms with Gasteiger partial charge in [-0.15, -0.1) is 0 Å². The molecular weight excluding hydrogens is 248 g/mol. The number of amides is 1. The maximum Gasteiger partial charge on any atom is 0.245 e. The molecule has 6 heteroatoms. The fourth-order valence-electron chi connectivity index (χ4n) is 1.82. The van der Waals surface area contributed by atoms with E-state index in [2.05, 4.69) is 5.32 Å². The summed E-state index contributed by atoms with van der Waals surface area (Å²) in [6, 6.07) is 4.80. The van der Waals surface area contributed by atoms with E-state index in [0.717, 1.165) is 11.3 Å². The van der Waals surface area contributed by atoms with E-state index in [1.807, 2.05) is 0 Å². The summed E-state index contributed by atoms with van der Waals surface area (Å²) in [5.41, 5.74) is 7.24. The zero-order valence-electron chi connectivity index (χ0n) is 10.8. The molecule has 1 aliphatic rings. The first-order chi connectivity index (χ1) is 9.22. The molecule has 0 bridgehead atoms. The zero-order valence-corrected chi connectivity index (χ0v) is 10.8. The van der Waals surface area contributed by atoms with Crippen molar-refractivity contribution in [2.45, 2.75) is 6.04 Å². The summed E-state index contributed by atoms with van der Waals surface area (Å²) in [7, 11) is 1.63. The van der Waals surface area contributed by atoms with Crippen molar-refractivity contribution in [2.24, 2.45) is 5.73 Å².